The Hall–Kier alpha value is -1.36. The number of hydrogen-bond acceptors (Lipinski definition) is 3. The third-order valence-corrected chi connectivity index (χ3v) is 3.88. The Labute approximate surface area is 127 Å². The van der Waals surface area contributed by atoms with Crippen molar-refractivity contribution in [2.24, 2.45) is 0 Å². The lowest BCUT2D eigenvalue weighted by atomic mass is 9.92. The summed E-state index contributed by atoms with van der Waals surface area (Å²) >= 11 is 3.40. The van der Waals surface area contributed by atoms with Crippen LogP contribution in [0.3, 0.4) is 0 Å². The molecule has 2 rings (SSSR count). The predicted octanol–water partition coefficient (Wildman–Crippen LogP) is 3.64. The van der Waals surface area contributed by atoms with Gasteiger partial charge in [0.05, 0.1) is 17.8 Å². The van der Waals surface area contributed by atoms with E-state index in [2.05, 4.69) is 15.9 Å². The number of aliphatic hydroxyl groups excluding tert-OH is 1. The van der Waals surface area contributed by atoms with Gasteiger partial charge in [-0.05, 0) is 36.8 Å². The minimum Gasteiger partial charge on any atom is -0.394 e. The third-order valence-electron chi connectivity index (χ3n) is 3.35. The van der Waals surface area contributed by atoms with Crippen molar-refractivity contribution in [3.63, 3.8) is 0 Å². The largest absolute Gasteiger partial charge is 0.394 e. The molecule has 2 N–H and O–H groups in total. The maximum Gasteiger partial charge on any atom is 0.0913 e. The number of nitrogens with zero attached hydrogens (tertiary/aromatic N) is 1. The minimum atomic E-state index is -0.769. The molecule has 0 aliphatic carbocycles. The molecule has 0 saturated carbocycles. The van der Waals surface area contributed by atoms with Crippen LogP contribution in [0.2, 0.25) is 0 Å². The van der Waals surface area contributed by atoms with E-state index in [4.69, 9.17) is 0 Å². The number of hydroxylamine groups is 1. The summed E-state index contributed by atoms with van der Waals surface area (Å²) in [6.45, 7) is 1.69. The molecular formula is C16H18BrNO2. The summed E-state index contributed by atoms with van der Waals surface area (Å²) in [5, 5.41) is 21.3. The van der Waals surface area contributed by atoms with Crippen molar-refractivity contribution in [3.8, 4) is 0 Å². The van der Waals surface area contributed by atoms with Gasteiger partial charge in [-0.15, -0.1) is 0 Å². The first-order valence-electron chi connectivity index (χ1n) is 6.45. The fraction of sp³-hybridized carbons (Fsp3) is 0.250. The summed E-state index contributed by atoms with van der Waals surface area (Å²) < 4.78 is 1.01. The van der Waals surface area contributed by atoms with Crippen molar-refractivity contribution in [1.29, 1.82) is 0 Å². The van der Waals surface area contributed by atoms with E-state index in [1.54, 1.807) is 0 Å². The van der Waals surface area contributed by atoms with Gasteiger partial charge < -0.3 is 5.11 Å². The maximum absolute atomic E-state index is 10.4. The second-order valence-electron chi connectivity index (χ2n) is 5.11. The van der Waals surface area contributed by atoms with Crippen molar-refractivity contribution < 1.29 is 10.3 Å². The number of hydrogen-bond donors (Lipinski definition) is 2. The predicted molar refractivity (Wildman–Crippen MR) is 84.0 cm³/mol. The van der Waals surface area contributed by atoms with E-state index in [9.17, 15) is 10.3 Å². The fourth-order valence-electron chi connectivity index (χ4n) is 2.12. The molecule has 0 spiro atoms. The van der Waals surface area contributed by atoms with E-state index >= 15 is 0 Å². The standard InChI is InChI=1S/C16H18BrNO2/c1-16(12-19,11-13-7-9-14(17)10-8-13)18(20)15-5-3-2-4-6-15/h2-10,19-20H,11-12H2,1H3. The molecule has 0 aliphatic heterocycles. The molecule has 1 atom stereocenters. The first kappa shape index (κ1) is 15.0. The zero-order chi connectivity index (χ0) is 14.6. The van der Waals surface area contributed by atoms with Gasteiger partial charge in [0.15, 0.2) is 0 Å². The summed E-state index contributed by atoms with van der Waals surface area (Å²) in [5.41, 5.74) is 0.954. The second-order valence-corrected chi connectivity index (χ2v) is 6.02. The van der Waals surface area contributed by atoms with Crippen LogP contribution in [0.25, 0.3) is 0 Å². The van der Waals surface area contributed by atoms with Gasteiger partial charge in [0.25, 0.3) is 0 Å². The Morgan fingerprint density at radius 1 is 1.05 bits per heavy atom. The van der Waals surface area contributed by atoms with Gasteiger partial charge in [-0.1, -0.05) is 46.3 Å². The van der Waals surface area contributed by atoms with Crippen molar-refractivity contribution in [2.75, 3.05) is 11.7 Å². The molecule has 20 heavy (non-hydrogen) atoms. The maximum atomic E-state index is 10.4. The lowest BCUT2D eigenvalue weighted by Crippen LogP contribution is -2.49. The Morgan fingerprint density at radius 3 is 2.20 bits per heavy atom. The molecule has 1 unspecified atom stereocenters. The highest BCUT2D eigenvalue weighted by atomic mass is 79.9. The van der Waals surface area contributed by atoms with Gasteiger partial charge in [-0.2, -0.15) is 0 Å². The molecule has 0 aliphatic rings. The Bertz CT molecular complexity index is 544. The van der Waals surface area contributed by atoms with Crippen LogP contribution in [0.4, 0.5) is 5.69 Å². The highest BCUT2D eigenvalue weighted by molar-refractivity contribution is 9.10. The van der Waals surface area contributed by atoms with Crippen molar-refractivity contribution in [1.82, 2.24) is 0 Å². The van der Waals surface area contributed by atoms with Crippen LogP contribution in [0.15, 0.2) is 59.1 Å². The van der Waals surface area contributed by atoms with Crippen LogP contribution in [0, 0.1) is 0 Å². The lowest BCUT2D eigenvalue weighted by molar-refractivity contribution is 0.0995. The van der Waals surface area contributed by atoms with Gasteiger partial charge >= 0.3 is 0 Å². The molecular weight excluding hydrogens is 318 g/mol. The third kappa shape index (κ3) is 3.39. The van der Waals surface area contributed by atoms with E-state index in [1.807, 2.05) is 61.5 Å². The van der Waals surface area contributed by atoms with Crippen LogP contribution in [0.1, 0.15) is 12.5 Å². The van der Waals surface area contributed by atoms with E-state index < -0.39 is 5.54 Å². The first-order chi connectivity index (χ1) is 9.55. The number of para-hydroxylation sites is 1. The topological polar surface area (TPSA) is 43.7 Å². The van der Waals surface area contributed by atoms with Crippen molar-refractivity contribution in [2.45, 2.75) is 18.9 Å². The first-order valence-corrected chi connectivity index (χ1v) is 7.24. The number of benzene rings is 2. The van der Waals surface area contributed by atoms with Crippen molar-refractivity contribution in [3.05, 3.63) is 64.6 Å². The molecule has 3 nitrogen and oxygen atoms in total. The zero-order valence-electron chi connectivity index (χ0n) is 11.3. The normalized spacial score (nSPS) is 13.8. The Morgan fingerprint density at radius 2 is 1.65 bits per heavy atom. The van der Waals surface area contributed by atoms with Crippen molar-refractivity contribution >= 4 is 21.6 Å². The molecule has 0 aromatic heterocycles. The molecule has 2 aromatic carbocycles. The average Bonchev–Trinajstić information content (AvgIpc) is 2.49. The molecule has 106 valence electrons. The van der Waals surface area contributed by atoms with Gasteiger partial charge in [0.2, 0.25) is 0 Å². The fourth-order valence-corrected chi connectivity index (χ4v) is 2.38. The molecule has 2 aromatic rings. The minimum absolute atomic E-state index is 0.144. The van der Waals surface area contributed by atoms with Gasteiger partial charge in [0.1, 0.15) is 0 Å². The summed E-state index contributed by atoms with van der Waals surface area (Å²) in [4.78, 5) is 0. The van der Waals surface area contributed by atoms with Crippen LogP contribution in [0.5, 0.6) is 0 Å². The lowest BCUT2D eigenvalue weighted by Gasteiger charge is -2.37. The molecule has 0 radical (unpaired) electrons. The SMILES string of the molecule is CC(CO)(Cc1ccc(Br)cc1)N(O)c1ccccc1. The molecule has 4 heteroatoms. The number of anilines is 1. The zero-order valence-corrected chi connectivity index (χ0v) is 12.9. The second kappa shape index (κ2) is 6.39. The monoisotopic (exact) mass is 335 g/mol. The highest BCUT2D eigenvalue weighted by Gasteiger charge is 2.31. The molecule has 0 heterocycles. The van der Waals surface area contributed by atoms with E-state index in [1.165, 1.54) is 0 Å². The van der Waals surface area contributed by atoms with Gasteiger partial charge in [-0.3, -0.25) is 5.21 Å². The van der Waals surface area contributed by atoms with E-state index in [-0.39, 0.29) is 6.61 Å². The smallest absolute Gasteiger partial charge is 0.0913 e. The van der Waals surface area contributed by atoms with Crippen LogP contribution in [-0.4, -0.2) is 22.5 Å². The van der Waals surface area contributed by atoms with E-state index in [0.29, 0.717) is 12.1 Å². The quantitative estimate of drug-likeness (QED) is 0.820. The molecule has 0 bridgehead atoms. The molecule has 0 saturated heterocycles. The van der Waals surface area contributed by atoms with E-state index in [0.717, 1.165) is 15.1 Å². The number of aliphatic hydroxyl groups is 1. The Balaban J connectivity index is 2.22. The summed E-state index contributed by atoms with van der Waals surface area (Å²) in [5.74, 6) is 0. The Kier molecular flexibility index (Phi) is 4.81. The highest BCUT2D eigenvalue weighted by Crippen LogP contribution is 2.25. The average molecular weight is 336 g/mol. The number of halogens is 1. The summed E-state index contributed by atoms with van der Waals surface area (Å²) in [6.07, 6.45) is 0.544. The molecule has 0 fully saturated rings. The summed E-state index contributed by atoms with van der Waals surface area (Å²) in [7, 11) is 0. The number of rotatable bonds is 5. The van der Waals surface area contributed by atoms with Crippen LogP contribution < -0.4 is 5.06 Å². The van der Waals surface area contributed by atoms with Crippen LogP contribution in [-0.2, 0) is 6.42 Å². The van der Waals surface area contributed by atoms with Crippen LogP contribution >= 0.6 is 15.9 Å². The molecule has 0 amide bonds. The van der Waals surface area contributed by atoms with Gasteiger partial charge in [0, 0.05) is 10.9 Å². The summed E-state index contributed by atoms with van der Waals surface area (Å²) in [6, 6.07) is 17.1. The van der Waals surface area contributed by atoms with Gasteiger partial charge in [-0.25, -0.2) is 5.06 Å².